The molecule has 2 unspecified atom stereocenters. The van der Waals surface area contributed by atoms with Crippen molar-refractivity contribution < 1.29 is 4.74 Å². The van der Waals surface area contributed by atoms with Gasteiger partial charge < -0.3 is 4.74 Å². The van der Waals surface area contributed by atoms with Crippen LogP contribution in [0.2, 0.25) is 0 Å². The maximum Gasteiger partial charge on any atom is 0.111 e. The van der Waals surface area contributed by atoms with Gasteiger partial charge in [-0.2, -0.15) is 0 Å². The summed E-state index contributed by atoms with van der Waals surface area (Å²) >= 11 is 3.37. The number of benzene rings is 1. The topological polar surface area (TPSA) is 9.23 Å². The predicted molar refractivity (Wildman–Crippen MR) is 56.5 cm³/mol. The van der Waals surface area contributed by atoms with Crippen LogP contribution in [0, 0.1) is 6.07 Å². The van der Waals surface area contributed by atoms with Crippen LogP contribution >= 0.6 is 15.9 Å². The van der Waals surface area contributed by atoms with E-state index in [1.54, 1.807) is 0 Å². The highest BCUT2D eigenvalue weighted by Crippen LogP contribution is 2.31. The summed E-state index contributed by atoms with van der Waals surface area (Å²) in [7, 11) is 0. The van der Waals surface area contributed by atoms with Crippen LogP contribution in [0.1, 0.15) is 24.2 Å². The molecule has 1 aromatic carbocycles. The zero-order chi connectivity index (χ0) is 9.26. The highest BCUT2D eigenvalue weighted by atomic mass is 79.9. The number of fused-ring (bicyclic) bond motifs is 1. The molecule has 2 rings (SSSR count). The molecule has 0 heterocycles. The molecule has 0 aromatic heterocycles. The molecule has 1 radical (unpaired) electrons. The third-order valence-corrected chi connectivity index (χ3v) is 2.22. The van der Waals surface area contributed by atoms with Gasteiger partial charge in [0.2, 0.25) is 0 Å². The number of alkyl halides is 1. The minimum atomic E-state index is 0.0771. The molecule has 67 valence electrons. The van der Waals surface area contributed by atoms with Crippen molar-refractivity contribution in [1.29, 1.82) is 0 Å². The van der Waals surface area contributed by atoms with Crippen molar-refractivity contribution >= 4 is 22.0 Å². The molecule has 0 saturated heterocycles. The predicted octanol–water partition coefficient (Wildman–Crippen LogP) is 3.31. The first-order chi connectivity index (χ1) is 6.27. The summed E-state index contributed by atoms with van der Waals surface area (Å²) in [6.45, 7) is 1.97. The fourth-order valence-electron chi connectivity index (χ4n) is 1.46. The lowest BCUT2D eigenvalue weighted by Gasteiger charge is -2.13. The summed E-state index contributed by atoms with van der Waals surface area (Å²) < 4.78 is 5.65. The van der Waals surface area contributed by atoms with Crippen molar-refractivity contribution in [3.63, 3.8) is 0 Å². The molecule has 0 fully saturated rings. The first kappa shape index (κ1) is 8.97. The van der Waals surface area contributed by atoms with Crippen LogP contribution in [0.25, 0.3) is 6.08 Å². The van der Waals surface area contributed by atoms with Gasteiger partial charge in [0.15, 0.2) is 0 Å². The minimum Gasteiger partial charge on any atom is -0.355 e. The third-order valence-electron chi connectivity index (χ3n) is 2.00. The standard InChI is InChI=1S/C11H10BrO/c1-8(12)13-11-7-6-9-4-2-3-5-10(9)11/h2-3,5-8,11H,1H3. The van der Waals surface area contributed by atoms with Crippen molar-refractivity contribution in [2.24, 2.45) is 0 Å². The van der Waals surface area contributed by atoms with Crippen molar-refractivity contribution in [3.05, 3.63) is 41.5 Å². The molecule has 1 nitrogen and oxygen atoms in total. The summed E-state index contributed by atoms with van der Waals surface area (Å²) in [5.41, 5.74) is 2.34. The SMILES string of the molecule is CC(Br)OC1C=Cc2[c]cccc21. The van der Waals surface area contributed by atoms with Crippen LogP contribution in [0.4, 0.5) is 0 Å². The van der Waals surface area contributed by atoms with Gasteiger partial charge in [-0.3, -0.25) is 0 Å². The van der Waals surface area contributed by atoms with Gasteiger partial charge in [-0.05, 0) is 24.1 Å². The summed E-state index contributed by atoms with van der Waals surface area (Å²) in [6.07, 6.45) is 4.19. The number of rotatable bonds is 2. The van der Waals surface area contributed by atoms with Crippen molar-refractivity contribution in [1.82, 2.24) is 0 Å². The average molecular weight is 238 g/mol. The van der Waals surface area contributed by atoms with Gasteiger partial charge >= 0.3 is 0 Å². The molecule has 2 heteroatoms. The van der Waals surface area contributed by atoms with E-state index in [4.69, 9.17) is 4.74 Å². The van der Waals surface area contributed by atoms with E-state index >= 15 is 0 Å². The van der Waals surface area contributed by atoms with Crippen molar-refractivity contribution in [2.45, 2.75) is 18.0 Å². The van der Waals surface area contributed by atoms with E-state index < -0.39 is 0 Å². The van der Waals surface area contributed by atoms with E-state index in [1.165, 1.54) is 5.56 Å². The van der Waals surface area contributed by atoms with Gasteiger partial charge in [-0.15, -0.1) is 0 Å². The Kier molecular flexibility index (Phi) is 2.51. The highest BCUT2D eigenvalue weighted by Gasteiger charge is 2.18. The molecule has 1 aliphatic carbocycles. The number of hydrogen-bond acceptors (Lipinski definition) is 1. The van der Waals surface area contributed by atoms with Crippen LogP contribution < -0.4 is 0 Å². The molecular formula is C11H10BrO. The summed E-state index contributed by atoms with van der Waals surface area (Å²) in [6, 6.07) is 9.15. The van der Waals surface area contributed by atoms with Gasteiger partial charge in [-0.1, -0.05) is 46.3 Å². The molecule has 0 saturated carbocycles. The molecule has 0 aliphatic heterocycles. The normalized spacial score (nSPS) is 21.5. The number of halogens is 1. The maximum atomic E-state index is 5.65. The number of ether oxygens (including phenoxy) is 1. The van der Waals surface area contributed by atoms with Crippen LogP contribution in [0.3, 0.4) is 0 Å². The Morgan fingerprint density at radius 2 is 2.46 bits per heavy atom. The second-order valence-corrected chi connectivity index (χ2v) is 4.29. The lowest BCUT2D eigenvalue weighted by atomic mass is 10.1. The van der Waals surface area contributed by atoms with E-state index in [1.807, 2.05) is 19.1 Å². The first-order valence-electron chi connectivity index (χ1n) is 4.26. The molecule has 0 bridgehead atoms. The summed E-state index contributed by atoms with van der Waals surface area (Å²) in [5, 5.41) is 0.0771. The van der Waals surface area contributed by atoms with E-state index in [0.717, 1.165) is 5.56 Å². The average Bonchev–Trinajstić information content (AvgIpc) is 2.48. The van der Waals surface area contributed by atoms with Gasteiger partial charge in [0, 0.05) is 0 Å². The molecule has 0 spiro atoms. The highest BCUT2D eigenvalue weighted by molar-refractivity contribution is 9.09. The van der Waals surface area contributed by atoms with Crippen LogP contribution in [0.5, 0.6) is 0 Å². The molecule has 2 atom stereocenters. The molecule has 13 heavy (non-hydrogen) atoms. The Morgan fingerprint density at radius 3 is 3.23 bits per heavy atom. The van der Waals surface area contributed by atoms with E-state index in [-0.39, 0.29) is 11.1 Å². The largest absolute Gasteiger partial charge is 0.355 e. The fraction of sp³-hybridized carbons (Fsp3) is 0.273. The third kappa shape index (κ3) is 1.84. The maximum absolute atomic E-state index is 5.65. The van der Waals surface area contributed by atoms with Crippen LogP contribution in [0.15, 0.2) is 24.3 Å². The smallest absolute Gasteiger partial charge is 0.111 e. The van der Waals surface area contributed by atoms with Gasteiger partial charge in [0.05, 0.1) is 0 Å². The van der Waals surface area contributed by atoms with Crippen molar-refractivity contribution in [3.8, 4) is 0 Å². The molecule has 1 aliphatic rings. The van der Waals surface area contributed by atoms with Crippen molar-refractivity contribution in [2.75, 3.05) is 0 Å². The second-order valence-electron chi connectivity index (χ2n) is 3.00. The Balaban J connectivity index is 2.23. The zero-order valence-corrected chi connectivity index (χ0v) is 8.91. The molecule has 0 N–H and O–H groups in total. The monoisotopic (exact) mass is 237 g/mol. The minimum absolute atomic E-state index is 0.0771. The Hall–Kier alpha value is -0.600. The Morgan fingerprint density at radius 1 is 1.62 bits per heavy atom. The molecular weight excluding hydrogens is 228 g/mol. The second kappa shape index (κ2) is 3.64. The summed E-state index contributed by atoms with van der Waals surface area (Å²) in [5.74, 6) is 0. The van der Waals surface area contributed by atoms with Crippen LogP contribution in [-0.4, -0.2) is 5.01 Å². The van der Waals surface area contributed by atoms with Gasteiger partial charge in [0.1, 0.15) is 11.1 Å². The van der Waals surface area contributed by atoms with E-state index in [9.17, 15) is 0 Å². The van der Waals surface area contributed by atoms with Crippen LogP contribution in [-0.2, 0) is 4.74 Å². The molecule has 1 aromatic rings. The lowest BCUT2D eigenvalue weighted by Crippen LogP contribution is -2.04. The fourth-order valence-corrected chi connectivity index (χ4v) is 1.70. The van der Waals surface area contributed by atoms with Gasteiger partial charge in [0.25, 0.3) is 0 Å². The van der Waals surface area contributed by atoms with E-state index in [0.29, 0.717) is 0 Å². The summed E-state index contributed by atoms with van der Waals surface area (Å²) in [4.78, 5) is 0. The number of hydrogen-bond donors (Lipinski definition) is 0. The Bertz CT molecular complexity index is 331. The lowest BCUT2D eigenvalue weighted by molar-refractivity contribution is 0.0812. The van der Waals surface area contributed by atoms with E-state index in [2.05, 4.69) is 40.2 Å². The quantitative estimate of drug-likeness (QED) is 0.718. The zero-order valence-electron chi connectivity index (χ0n) is 7.33. The Labute approximate surface area is 86.5 Å². The molecule has 0 amide bonds. The van der Waals surface area contributed by atoms with Gasteiger partial charge in [-0.25, -0.2) is 0 Å². The first-order valence-corrected chi connectivity index (χ1v) is 5.17.